The first-order valence-electron chi connectivity index (χ1n) is 7.51. The van der Waals surface area contributed by atoms with Crippen LogP contribution in [0.1, 0.15) is 32.6 Å². The number of rotatable bonds is 1. The van der Waals surface area contributed by atoms with E-state index in [1.807, 2.05) is 44.2 Å². The van der Waals surface area contributed by atoms with E-state index in [0.717, 1.165) is 28.0 Å². The zero-order valence-corrected chi connectivity index (χ0v) is 13.0. The fraction of sp³-hybridized carbons (Fsp3) is 0.211. The molecule has 2 aromatic carbocycles. The molecule has 116 valence electrons. The first-order valence-corrected chi connectivity index (χ1v) is 7.51. The van der Waals surface area contributed by atoms with E-state index in [1.54, 1.807) is 0 Å². The van der Waals surface area contributed by atoms with Crippen LogP contribution in [0.3, 0.4) is 0 Å². The summed E-state index contributed by atoms with van der Waals surface area (Å²) in [5.74, 6) is 1.42. The molecule has 1 N–H and O–H groups in total. The van der Waals surface area contributed by atoms with E-state index in [0.29, 0.717) is 23.3 Å². The maximum absolute atomic E-state index is 12.7. The number of allylic oxidation sites excluding steroid dienone is 1. The number of phenols is 1. The summed E-state index contributed by atoms with van der Waals surface area (Å²) in [5, 5.41) is 10.2. The Kier molecular flexibility index (Phi) is 2.94. The van der Waals surface area contributed by atoms with Crippen LogP contribution in [0.5, 0.6) is 17.2 Å². The number of ether oxygens (including phenoxy) is 2. The van der Waals surface area contributed by atoms with Crippen LogP contribution in [-0.4, -0.2) is 17.7 Å². The van der Waals surface area contributed by atoms with E-state index < -0.39 is 0 Å². The maximum atomic E-state index is 12.7. The Morgan fingerprint density at radius 3 is 2.70 bits per heavy atom. The molecule has 0 saturated carbocycles. The number of benzene rings is 2. The van der Waals surface area contributed by atoms with Crippen molar-refractivity contribution in [2.24, 2.45) is 0 Å². The highest BCUT2D eigenvalue weighted by Gasteiger charge is 2.30. The highest BCUT2D eigenvalue weighted by molar-refractivity contribution is 6.17. The second-order valence-electron chi connectivity index (χ2n) is 6.00. The lowest BCUT2D eigenvalue weighted by Gasteiger charge is -2.07. The Bertz CT molecular complexity index is 877. The van der Waals surface area contributed by atoms with Crippen LogP contribution in [0.4, 0.5) is 0 Å². The summed E-state index contributed by atoms with van der Waals surface area (Å²) in [6.45, 7) is 4.02. The van der Waals surface area contributed by atoms with E-state index >= 15 is 0 Å². The molecule has 4 rings (SSSR count). The molecule has 0 saturated heterocycles. The van der Waals surface area contributed by atoms with Gasteiger partial charge in [-0.1, -0.05) is 12.1 Å². The van der Waals surface area contributed by atoms with Gasteiger partial charge in [0.15, 0.2) is 17.3 Å². The second kappa shape index (κ2) is 4.88. The fourth-order valence-corrected chi connectivity index (χ4v) is 3.24. The molecule has 1 heterocycles. The zero-order valence-electron chi connectivity index (χ0n) is 13.0. The van der Waals surface area contributed by atoms with Crippen molar-refractivity contribution in [2.45, 2.75) is 20.3 Å². The first kappa shape index (κ1) is 13.9. The molecule has 0 fully saturated rings. The van der Waals surface area contributed by atoms with Crippen LogP contribution < -0.4 is 9.47 Å². The van der Waals surface area contributed by atoms with Crippen LogP contribution in [-0.2, 0) is 6.42 Å². The monoisotopic (exact) mass is 308 g/mol. The standard InChI is InChI=1S/C19H16O4/c1-10-5-11(2)18(20)17-14(10)8-13(19(17)21)6-12-3-4-15-16(7-12)23-9-22-15/h3-7,20H,8-9H2,1-2H3. The predicted molar refractivity (Wildman–Crippen MR) is 86.2 cm³/mol. The number of hydrogen-bond acceptors (Lipinski definition) is 4. The lowest BCUT2D eigenvalue weighted by molar-refractivity contribution is 0.103. The molecule has 4 nitrogen and oxygen atoms in total. The van der Waals surface area contributed by atoms with Gasteiger partial charge >= 0.3 is 0 Å². The molecule has 1 aliphatic heterocycles. The number of aryl methyl sites for hydroxylation is 2. The maximum Gasteiger partial charge on any atom is 0.231 e. The van der Waals surface area contributed by atoms with Crippen molar-refractivity contribution in [3.8, 4) is 17.2 Å². The average Bonchev–Trinajstić information content (AvgIpc) is 3.10. The smallest absolute Gasteiger partial charge is 0.231 e. The number of carbonyl (C=O) groups excluding carboxylic acids is 1. The van der Waals surface area contributed by atoms with Gasteiger partial charge in [-0.15, -0.1) is 0 Å². The summed E-state index contributed by atoms with van der Waals surface area (Å²) < 4.78 is 10.7. The van der Waals surface area contributed by atoms with Crippen molar-refractivity contribution in [3.05, 3.63) is 57.7 Å². The van der Waals surface area contributed by atoms with Crippen LogP contribution in [0.2, 0.25) is 0 Å². The third kappa shape index (κ3) is 2.10. The molecule has 23 heavy (non-hydrogen) atoms. The van der Waals surface area contributed by atoms with Gasteiger partial charge in [0, 0.05) is 12.0 Å². The second-order valence-corrected chi connectivity index (χ2v) is 6.00. The quantitative estimate of drug-likeness (QED) is 0.818. The molecule has 0 spiro atoms. The first-order chi connectivity index (χ1) is 11.0. The molecule has 2 aliphatic rings. The largest absolute Gasteiger partial charge is 0.507 e. The van der Waals surface area contributed by atoms with Crippen LogP contribution >= 0.6 is 0 Å². The third-order valence-electron chi connectivity index (χ3n) is 4.44. The SMILES string of the molecule is Cc1cc(C)c2c(c1O)C(=O)C(=Cc1ccc3c(c1)OCO3)C2. The van der Waals surface area contributed by atoms with Gasteiger partial charge in [-0.05, 0) is 54.3 Å². The highest BCUT2D eigenvalue weighted by Crippen LogP contribution is 2.39. The van der Waals surface area contributed by atoms with Crippen LogP contribution in [0.25, 0.3) is 6.08 Å². The minimum absolute atomic E-state index is 0.0954. The van der Waals surface area contributed by atoms with Gasteiger partial charge in [0.2, 0.25) is 6.79 Å². The summed E-state index contributed by atoms with van der Waals surface area (Å²) in [5.41, 5.74) is 4.72. The van der Waals surface area contributed by atoms with Crippen molar-refractivity contribution in [2.75, 3.05) is 6.79 Å². The van der Waals surface area contributed by atoms with E-state index in [9.17, 15) is 9.90 Å². The van der Waals surface area contributed by atoms with Gasteiger partial charge in [-0.25, -0.2) is 0 Å². The molecule has 1 aliphatic carbocycles. The van der Waals surface area contributed by atoms with Crippen molar-refractivity contribution in [1.82, 2.24) is 0 Å². The number of hydrogen-bond donors (Lipinski definition) is 1. The van der Waals surface area contributed by atoms with Crippen molar-refractivity contribution in [3.63, 3.8) is 0 Å². The third-order valence-corrected chi connectivity index (χ3v) is 4.44. The molecule has 4 heteroatoms. The number of ketones is 1. The predicted octanol–water partition coefficient (Wildman–Crippen LogP) is 3.56. The molecule has 0 bridgehead atoms. The molecule has 0 aromatic heterocycles. The summed E-state index contributed by atoms with van der Waals surface area (Å²) in [6, 6.07) is 7.53. The minimum Gasteiger partial charge on any atom is -0.507 e. The fourth-order valence-electron chi connectivity index (χ4n) is 3.24. The molecule has 2 aromatic rings. The van der Waals surface area contributed by atoms with Crippen molar-refractivity contribution < 1.29 is 19.4 Å². The molecular formula is C19H16O4. The average molecular weight is 308 g/mol. The lowest BCUT2D eigenvalue weighted by atomic mass is 10.00. The minimum atomic E-state index is -0.0954. The normalized spacial score (nSPS) is 17.0. The molecular weight excluding hydrogens is 292 g/mol. The lowest BCUT2D eigenvalue weighted by Crippen LogP contribution is -1.97. The van der Waals surface area contributed by atoms with E-state index in [2.05, 4.69) is 0 Å². The number of fused-ring (bicyclic) bond motifs is 2. The van der Waals surface area contributed by atoms with Crippen LogP contribution in [0.15, 0.2) is 29.8 Å². The van der Waals surface area contributed by atoms with Crippen LogP contribution in [0, 0.1) is 13.8 Å². The summed E-state index contributed by atoms with van der Waals surface area (Å²) >= 11 is 0. The Morgan fingerprint density at radius 1 is 1.09 bits per heavy atom. The van der Waals surface area contributed by atoms with Gasteiger partial charge in [0.05, 0.1) is 5.56 Å². The van der Waals surface area contributed by atoms with Gasteiger partial charge in [0.25, 0.3) is 0 Å². The topological polar surface area (TPSA) is 55.8 Å². The van der Waals surface area contributed by atoms with Gasteiger partial charge in [0.1, 0.15) is 5.75 Å². The van der Waals surface area contributed by atoms with E-state index in [1.165, 1.54) is 0 Å². The zero-order chi connectivity index (χ0) is 16.1. The number of carbonyl (C=O) groups is 1. The summed E-state index contributed by atoms with van der Waals surface area (Å²) in [7, 11) is 0. The van der Waals surface area contributed by atoms with Crippen molar-refractivity contribution >= 4 is 11.9 Å². The van der Waals surface area contributed by atoms with Gasteiger partial charge in [-0.3, -0.25) is 4.79 Å². The Labute approximate surface area is 134 Å². The van der Waals surface area contributed by atoms with E-state index in [-0.39, 0.29) is 18.3 Å². The highest BCUT2D eigenvalue weighted by atomic mass is 16.7. The summed E-state index contributed by atoms with van der Waals surface area (Å²) in [6.07, 6.45) is 2.40. The summed E-state index contributed by atoms with van der Waals surface area (Å²) in [4.78, 5) is 12.7. The van der Waals surface area contributed by atoms with Crippen molar-refractivity contribution in [1.29, 1.82) is 0 Å². The number of phenolic OH excluding ortho intramolecular Hbond substituents is 1. The molecule has 0 amide bonds. The van der Waals surface area contributed by atoms with Gasteiger partial charge in [-0.2, -0.15) is 0 Å². The Morgan fingerprint density at radius 2 is 1.87 bits per heavy atom. The molecule has 0 atom stereocenters. The number of aromatic hydroxyl groups is 1. The van der Waals surface area contributed by atoms with E-state index in [4.69, 9.17) is 9.47 Å². The van der Waals surface area contributed by atoms with Gasteiger partial charge < -0.3 is 14.6 Å². The Hall–Kier alpha value is -2.75. The number of Topliss-reactive ketones (excluding diaryl/α,β-unsaturated/α-hetero) is 1. The Balaban J connectivity index is 1.76. The molecule has 0 radical (unpaired) electrons. The molecule has 0 unspecified atom stereocenters.